The average molecular weight is 251 g/mol. The van der Waals surface area contributed by atoms with Gasteiger partial charge in [0.2, 0.25) is 0 Å². The third-order valence-corrected chi connectivity index (χ3v) is 2.80. The first-order valence-electron chi connectivity index (χ1n) is 5.64. The van der Waals surface area contributed by atoms with Crippen LogP contribution in [-0.2, 0) is 13.0 Å². The normalized spacial score (nSPS) is 12.6. The summed E-state index contributed by atoms with van der Waals surface area (Å²) in [7, 11) is 0. The van der Waals surface area contributed by atoms with Crippen LogP contribution in [0.15, 0.2) is 42.7 Å². The van der Waals surface area contributed by atoms with Gasteiger partial charge >= 0.3 is 0 Å². The van der Waals surface area contributed by atoms with Crippen LogP contribution in [0.4, 0.5) is 0 Å². The number of nitrogens with zero attached hydrogens (tertiary/aromatic N) is 2. The lowest BCUT2D eigenvalue weighted by Crippen LogP contribution is -2.17. The third kappa shape index (κ3) is 3.88. The molecule has 0 aliphatic rings. The molecular weight excluding hydrogens is 236 g/mol. The summed E-state index contributed by atoms with van der Waals surface area (Å²) in [5, 5.41) is 14.5. The molecule has 17 heavy (non-hydrogen) atoms. The zero-order chi connectivity index (χ0) is 12.1. The van der Waals surface area contributed by atoms with E-state index in [9.17, 15) is 5.11 Å². The largest absolute Gasteiger partial charge is 0.391 e. The number of hydrogen-bond acceptors (Lipinski definition) is 2. The molecule has 2 rings (SSSR count). The molecule has 0 aliphatic carbocycles. The summed E-state index contributed by atoms with van der Waals surface area (Å²) in [4.78, 5) is 0. The molecule has 0 fully saturated rings. The molecule has 1 atom stereocenters. The Labute approximate surface area is 106 Å². The van der Waals surface area contributed by atoms with E-state index in [4.69, 9.17) is 11.6 Å². The van der Waals surface area contributed by atoms with Crippen molar-refractivity contribution in [1.29, 1.82) is 0 Å². The molecule has 2 aromatic rings. The summed E-state index contributed by atoms with van der Waals surface area (Å²) in [6, 6.07) is 10.1. The van der Waals surface area contributed by atoms with E-state index in [0.717, 1.165) is 12.8 Å². The molecule has 4 heteroatoms. The van der Waals surface area contributed by atoms with Crippen LogP contribution in [0.2, 0.25) is 5.02 Å². The van der Waals surface area contributed by atoms with Crippen molar-refractivity contribution in [3.63, 3.8) is 0 Å². The molecule has 1 heterocycles. The Morgan fingerprint density at radius 1 is 1.29 bits per heavy atom. The zero-order valence-electron chi connectivity index (χ0n) is 9.46. The summed E-state index contributed by atoms with van der Waals surface area (Å²) >= 11 is 5.75. The highest BCUT2D eigenvalue weighted by atomic mass is 35.5. The topological polar surface area (TPSA) is 38.0 Å². The number of benzene rings is 1. The van der Waals surface area contributed by atoms with Crippen LogP contribution >= 0.6 is 11.6 Å². The fraction of sp³-hybridized carbons (Fsp3) is 0.308. The smallest absolute Gasteiger partial charge is 0.0785 e. The van der Waals surface area contributed by atoms with E-state index in [0.29, 0.717) is 11.6 Å². The summed E-state index contributed by atoms with van der Waals surface area (Å²) < 4.78 is 1.66. The Hall–Kier alpha value is -1.32. The maximum atomic E-state index is 9.87. The fourth-order valence-electron chi connectivity index (χ4n) is 1.72. The van der Waals surface area contributed by atoms with Crippen molar-refractivity contribution in [2.45, 2.75) is 25.5 Å². The quantitative estimate of drug-likeness (QED) is 0.886. The minimum absolute atomic E-state index is 0.397. The standard InChI is InChI=1S/C13H15ClN2O/c14-12-8-15-16(9-12)10-13(17)7-6-11-4-2-1-3-5-11/h1-5,8-9,13,17H,6-7,10H2/t13-/m0/s1. The predicted molar refractivity (Wildman–Crippen MR) is 68.0 cm³/mol. The number of halogens is 1. The monoisotopic (exact) mass is 250 g/mol. The Kier molecular flexibility index (Phi) is 4.18. The van der Waals surface area contributed by atoms with Crippen LogP contribution in [0.3, 0.4) is 0 Å². The Morgan fingerprint density at radius 3 is 2.71 bits per heavy atom. The molecule has 0 amide bonds. The van der Waals surface area contributed by atoms with Gasteiger partial charge in [-0.3, -0.25) is 4.68 Å². The van der Waals surface area contributed by atoms with Gasteiger partial charge in [-0.15, -0.1) is 0 Å². The Bertz CT molecular complexity index is 455. The van der Waals surface area contributed by atoms with Gasteiger partial charge in [-0.25, -0.2) is 0 Å². The van der Waals surface area contributed by atoms with Gasteiger partial charge in [0.1, 0.15) is 0 Å². The van der Waals surface area contributed by atoms with Gasteiger partial charge in [0.15, 0.2) is 0 Å². The highest BCUT2D eigenvalue weighted by Gasteiger charge is 2.06. The highest BCUT2D eigenvalue weighted by molar-refractivity contribution is 6.30. The van der Waals surface area contributed by atoms with Crippen LogP contribution in [0.5, 0.6) is 0 Å². The van der Waals surface area contributed by atoms with Gasteiger partial charge in [0.25, 0.3) is 0 Å². The van der Waals surface area contributed by atoms with Crippen molar-refractivity contribution in [2.75, 3.05) is 0 Å². The van der Waals surface area contributed by atoms with Gasteiger partial charge in [0, 0.05) is 6.20 Å². The highest BCUT2D eigenvalue weighted by Crippen LogP contribution is 2.08. The minimum atomic E-state index is -0.397. The number of rotatable bonds is 5. The second kappa shape index (κ2) is 5.84. The van der Waals surface area contributed by atoms with E-state index in [1.165, 1.54) is 5.56 Å². The molecular formula is C13H15ClN2O. The second-order valence-corrected chi connectivity index (χ2v) is 4.50. The second-order valence-electron chi connectivity index (χ2n) is 4.06. The maximum Gasteiger partial charge on any atom is 0.0785 e. The molecule has 1 aromatic carbocycles. The van der Waals surface area contributed by atoms with Crippen molar-refractivity contribution in [2.24, 2.45) is 0 Å². The zero-order valence-corrected chi connectivity index (χ0v) is 10.2. The van der Waals surface area contributed by atoms with Gasteiger partial charge in [-0.2, -0.15) is 5.10 Å². The molecule has 1 N–H and O–H groups in total. The number of aryl methyl sites for hydroxylation is 1. The molecule has 0 aliphatic heterocycles. The molecule has 3 nitrogen and oxygen atoms in total. The molecule has 0 unspecified atom stereocenters. The van der Waals surface area contributed by atoms with Crippen molar-refractivity contribution in [1.82, 2.24) is 9.78 Å². The first-order chi connectivity index (χ1) is 8.24. The number of aliphatic hydroxyl groups excluding tert-OH is 1. The lowest BCUT2D eigenvalue weighted by molar-refractivity contribution is 0.140. The maximum absolute atomic E-state index is 9.87. The first kappa shape index (κ1) is 12.1. The Morgan fingerprint density at radius 2 is 2.06 bits per heavy atom. The van der Waals surface area contributed by atoms with E-state index < -0.39 is 6.10 Å². The van der Waals surface area contributed by atoms with Gasteiger partial charge in [-0.05, 0) is 18.4 Å². The van der Waals surface area contributed by atoms with Crippen LogP contribution in [-0.4, -0.2) is 21.0 Å². The van der Waals surface area contributed by atoms with Crippen molar-refractivity contribution >= 4 is 11.6 Å². The van der Waals surface area contributed by atoms with Crippen LogP contribution < -0.4 is 0 Å². The summed E-state index contributed by atoms with van der Waals surface area (Å²) in [5.41, 5.74) is 1.24. The molecule has 1 aromatic heterocycles. The molecule has 0 bridgehead atoms. The van der Waals surface area contributed by atoms with Gasteiger partial charge in [0.05, 0.1) is 23.9 Å². The fourth-order valence-corrected chi connectivity index (χ4v) is 1.88. The van der Waals surface area contributed by atoms with Gasteiger partial charge in [-0.1, -0.05) is 41.9 Å². The average Bonchev–Trinajstić information content (AvgIpc) is 2.73. The Balaban J connectivity index is 1.80. The van der Waals surface area contributed by atoms with Crippen molar-refractivity contribution in [3.05, 3.63) is 53.3 Å². The van der Waals surface area contributed by atoms with Crippen molar-refractivity contribution < 1.29 is 5.11 Å². The van der Waals surface area contributed by atoms with E-state index in [-0.39, 0.29) is 0 Å². The van der Waals surface area contributed by atoms with E-state index >= 15 is 0 Å². The number of aliphatic hydroxyl groups is 1. The summed E-state index contributed by atoms with van der Waals surface area (Å²) in [5.74, 6) is 0. The lowest BCUT2D eigenvalue weighted by atomic mass is 10.1. The first-order valence-corrected chi connectivity index (χ1v) is 6.02. The third-order valence-electron chi connectivity index (χ3n) is 2.61. The molecule has 0 spiro atoms. The summed E-state index contributed by atoms with van der Waals surface area (Å²) in [6.45, 7) is 0.486. The molecule has 0 saturated heterocycles. The lowest BCUT2D eigenvalue weighted by Gasteiger charge is -2.10. The molecule has 0 radical (unpaired) electrons. The predicted octanol–water partition coefficient (Wildman–Crippen LogP) is 2.53. The van der Waals surface area contributed by atoms with Gasteiger partial charge < -0.3 is 5.11 Å². The molecule has 0 saturated carbocycles. The number of aromatic nitrogens is 2. The van der Waals surface area contributed by atoms with Crippen LogP contribution in [0.25, 0.3) is 0 Å². The minimum Gasteiger partial charge on any atom is -0.391 e. The number of hydrogen-bond donors (Lipinski definition) is 1. The van der Waals surface area contributed by atoms with Crippen LogP contribution in [0, 0.1) is 0 Å². The van der Waals surface area contributed by atoms with E-state index in [1.807, 2.05) is 18.2 Å². The van der Waals surface area contributed by atoms with E-state index in [2.05, 4.69) is 17.2 Å². The summed E-state index contributed by atoms with van der Waals surface area (Å²) in [6.07, 6.45) is 4.49. The molecule has 90 valence electrons. The van der Waals surface area contributed by atoms with Crippen LogP contribution in [0.1, 0.15) is 12.0 Å². The SMILES string of the molecule is O[C@@H](CCc1ccccc1)Cn1cc(Cl)cn1. The van der Waals surface area contributed by atoms with E-state index in [1.54, 1.807) is 17.1 Å². The van der Waals surface area contributed by atoms with Crippen molar-refractivity contribution in [3.8, 4) is 0 Å².